The van der Waals surface area contributed by atoms with Gasteiger partial charge in [0, 0.05) is 6.54 Å². The summed E-state index contributed by atoms with van der Waals surface area (Å²) in [5, 5.41) is 7.15. The lowest BCUT2D eigenvalue weighted by Crippen LogP contribution is -2.38. The van der Waals surface area contributed by atoms with Crippen molar-refractivity contribution in [3.63, 3.8) is 0 Å². The molecule has 2 N–H and O–H groups in total. The minimum Gasteiger partial charge on any atom is -0.480 e. The van der Waals surface area contributed by atoms with Crippen LogP contribution in [0.2, 0.25) is 0 Å². The fourth-order valence-electron chi connectivity index (χ4n) is 1.16. The molecule has 0 heterocycles. The van der Waals surface area contributed by atoms with Crippen molar-refractivity contribution >= 4 is 16.0 Å². The van der Waals surface area contributed by atoms with E-state index < -0.39 is 21.2 Å². The Kier molecular flexibility index (Phi) is 3.16. The molecule has 1 aliphatic carbocycles. The van der Waals surface area contributed by atoms with Gasteiger partial charge in [0.25, 0.3) is 0 Å². The predicted octanol–water partition coefficient (Wildman–Crippen LogP) is 0.0349. The minimum atomic E-state index is -3.69. The highest BCUT2D eigenvalue weighted by atomic mass is 32.2. The second-order valence-corrected chi connectivity index (χ2v) is 5.93. The molecule has 0 amide bonds. The van der Waals surface area contributed by atoms with E-state index in [1.165, 1.54) is 6.92 Å². The van der Waals surface area contributed by atoms with Crippen LogP contribution in [-0.2, 0) is 14.8 Å². The summed E-state index contributed by atoms with van der Waals surface area (Å²) in [4.78, 5) is 10.5. The molecule has 0 aromatic heterocycles. The van der Waals surface area contributed by atoms with Crippen molar-refractivity contribution in [2.75, 3.05) is 6.54 Å². The van der Waals surface area contributed by atoms with Crippen LogP contribution in [0.1, 0.15) is 20.3 Å². The fraction of sp³-hybridized carbons (Fsp3) is 0.875. The van der Waals surface area contributed by atoms with E-state index in [1.54, 1.807) is 0 Å². The lowest BCUT2D eigenvalue weighted by Gasteiger charge is -2.09. The molecule has 1 rings (SSSR count). The summed E-state index contributed by atoms with van der Waals surface area (Å²) < 4.78 is 25.0. The average Bonchev–Trinajstić information content (AvgIpc) is 2.77. The number of nitrogens with one attached hydrogen (secondary N) is 1. The van der Waals surface area contributed by atoms with Crippen molar-refractivity contribution < 1.29 is 18.3 Å². The first kappa shape index (κ1) is 11.5. The molecule has 0 aromatic rings. The molecular formula is C8H15NO4S. The Hall–Kier alpha value is -0.620. The van der Waals surface area contributed by atoms with Crippen LogP contribution in [0.4, 0.5) is 0 Å². The van der Waals surface area contributed by atoms with Gasteiger partial charge < -0.3 is 5.11 Å². The zero-order valence-corrected chi connectivity index (χ0v) is 9.04. The van der Waals surface area contributed by atoms with E-state index in [-0.39, 0.29) is 0 Å². The number of rotatable bonds is 5. The number of hydrogen-bond donors (Lipinski definition) is 2. The molecule has 0 spiro atoms. The van der Waals surface area contributed by atoms with Gasteiger partial charge in [-0.15, -0.1) is 0 Å². The molecule has 0 saturated heterocycles. The van der Waals surface area contributed by atoms with Gasteiger partial charge in [0.05, 0.1) is 0 Å². The monoisotopic (exact) mass is 221 g/mol. The average molecular weight is 221 g/mol. The summed E-state index contributed by atoms with van der Waals surface area (Å²) in [6, 6.07) is 0. The molecule has 0 aromatic carbocycles. The van der Waals surface area contributed by atoms with Gasteiger partial charge in [0.1, 0.15) is 0 Å². The first-order valence-corrected chi connectivity index (χ1v) is 6.10. The van der Waals surface area contributed by atoms with Crippen LogP contribution in [0.3, 0.4) is 0 Å². The summed E-state index contributed by atoms with van der Waals surface area (Å²) in [7, 11) is -3.69. The fourth-order valence-corrected chi connectivity index (χ4v) is 2.13. The smallest absolute Gasteiger partial charge is 0.323 e. The second kappa shape index (κ2) is 3.86. The molecule has 5 nitrogen and oxygen atoms in total. The number of carboxylic acid groups (broad SMARTS) is 1. The second-order valence-electron chi connectivity index (χ2n) is 3.85. The van der Waals surface area contributed by atoms with E-state index in [0.29, 0.717) is 18.4 Å². The van der Waals surface area contributed by atoms with Gasteiger partial charge in [-0.3, -0.25) is 4.79 Å². The number of sulfonamides is 1. The van der Waals surface area contributed by atoms with Crippen LogP contribution in [0, 0.1) is 11.8 Å². The van der Waals surface area contributed by atoms with Crippen LogP contribution in [-0.4, -0.2) is 31.3 Å². The summed E-state index contributed by atoms with van der Waals surface area (Å²) in [6.45, 7) is 3.57. The largest absolute Gasteiger partial charge is 0.480 e. The Balaban J connectivity index is 2.45. The Morgan fingerprint density at radius 1 is 1.64 bits per heavy atom. The molecule has 3 atom stereocenters. The van der Waals surface area contributed by atoms with Gasteiger partial charge in [-0.1, -0.05) is 6.92 Å². The highest BCUT2D eigenvalue weighted by molar-refractivity contribution is 7.90. The highest BCUT2D eigenvalue weighted by Gasteiger charge is 2.35. The summed E-state index contributed by atoms with van der Waals surface area (Å²) in [6.07, 6.45) is 1.02. The molecule has 1 aliphatic rings. The molecular weight excluding hydrogens is 206 g/mol. The molecule has 1 fully saturated rings. The Morgan fingerprint density at radius 2 is 2.14 bits per heavy atom. The summed E-state index contributed by atoms with van der Waals surface area (Å²) in [5.41, 5.74) is 0. The van der Waals surface area contributed by atoms with E-state index in [1.807, 2.05) is 6.92 Å². The Labute approximate surface area is 83.6 Å². The minimum absolute atomic E-state index is 0.362. The predicted molar refractivity (Wildman–Crippen MR) is 51.3 cm³/mol. The zero-order chi connectivity index (χ0) is 10.9. The van der Waals surface area contributed by atoms with Gasteiger partial charge in [0.15, 0.2) is 5.25 Å². The van der Waals surface area contributed by atoms with Gasteiger partial charge >= 0.3 is 5.97 Å². The lowest BCUT2D eigenvalue weighted by atomic mass is 10.3. The van der Waals surface area contributed by atoms with E-state index >= 15 is 0 Å². The van der Waals surface area contributed by atoms with Crippen LogP contribution >= 0.6 is 0 Å². The van der Waals surface area contributed by atoms with Crippen LogP contribution in [0.15, 0.2) is 0 Å². The van der Waals surface area contributed by atoms with E-state index in [0.717, 1.165) is 6.42 Å². The number of carboxylic acids is 1. The van der Waals surface area contributed by atoms with Crippen molar-refractivity contribution in [1.82, 2.24) is 4.72 Å². The summed E-state index contributed by atoms with van der Waals surface area (Å²) in [5.74, 6) is -0.384. The number of hydrogen-bond acceptors (Lipinski definition) is 3. The van der Waals surface area contributed by atoms with Crippen LogP contribution in [0.25, 0.3) is 0 Å². The standard InChI is InChI=1S/C8H15NO4S/c1-5-3-7(5)4-9-14(12,13)6(2)8(10)11/h5-7,9H,3-4H2,1-2H3,(H,10,11). The third-order valence-electron chi connectivity index (χ3n) is 2.64. The maximum atomic E-state index is 11.3. The van der Waals surface area contributed by atoms with Crippen molar-refractivity contribution in [1.29, 1.82) is 0 Å². The first-order chi connectivity index (χ1) is 6.34. The summed E-state index contributed by atoms with van der Waals surface area (Å²) >= 11 is 0. The SMILES string of the molecule is CC1CC1CNS(=O)(=O)C(C)C(=O)O. The van der Waals surface area contributed by atoms with Crippen molar-refractivity contribution in [3.8, 4) is 0 Å². The van der Waals surface area contributed by atoms with Gasteiger partial charge in [0.2, 0.25) is 10.0 Å². The maximum absolute atomic E-state index is 11.3. The number of carbonyl (C=O) groups is 1. The van der Waals surface area contributed by atoms with Crippen molar-refractivity contribution in [3.05, 3.63) is 0 Å². The maximum Gasteiger partial charge on any atom is 0.323 e. The normalized spacial score (nSPS) is 28.4. The van der Waals surface area contributed by atoms with Gasteiger partial charge in [-0.05, 0) is 25.2 Å². The van der Waals surface area contributed by atoms with Crippen molar-refractivity contribution in [2.45, 2.75) is 25.5 Å². The van der Waals surface area contributed by atoms with E-state index in [9.17, 15) is 13.2 Å². The molecule has 3 unspecified atom stereocenters. The highest BCUT2D eigenvalue weighted by Crippen LogP contribution is 2.36. The molecule has 0 bridgehead atoms. The molecule has 0 radical (unpaired) electrons. The van der Waals surface area contributed by atoms with Crippen molar-refractivity contribution in [2.24, 2.45) is 11.8 Å². The van der Waals surface area contributed by atoms with Crippen LogP contribution < -0.4 is 4.72 Å². The Bertz CT molecular complexity index is 324. The molecule has 6 heteroatoms. The molecule has 0 aliphatic heterocycles. The first-order valence-electron chi connectivity index (χ1n) is 4.56. The van der Waals surface area contributed by atoms with Gasteiger partial charge in [-0.25, -0.2) is 13.1 Å². The van der Waals surface area contributed by atoms with E-state index in [2.05, 4.69) is 4.72 Å². The zero-order valence-electron chi connectivity index (χ0n) is 8.23. The molecule has 14 heavy (non-hydrogen) atoms. The topological polar surface area (TPSA) is 83.5 Å². The quantitative estimate of drug-likeness (QED) is 0.686. The Morgan fingerprint density at radius 3 is 2.50 bits per heavy atom. The molecule has 82 valence electrons. The van der Waals surface area contributed by atoms with E-state index in [4.69, 9.17) is 5.11 Å². The lowest BCUT2D eigenvalue weighted by molar-refractivity contribution is -0.136. The third kappa shape index (κ3) is 2.68. The van der Waals surface area contributed by atoms with Gasteiger partial charge in [-0.2, -0.15) is 0 Å². The molecule has 1 saturated carbocycles. The van der Waals surface area contributed by atoms with Crippen LogP contribution in [0.5, 0.6) is 0 Å². The number of aliphatic carboxylic acids is 1. The third-order valence-corrected chi connectivity index (χ3v) is 4.34.